The van der Waals surface area contributed by atoms with Crippen molar-refractivity contribution >= 4 is 43.6 Å². The van der Waals surface area contributed by atoms with Crippen molar-refractivity contribution in [3.63, 3.8) is 0 Å². The van der Waals surface area contributed by atoms with Crippen LogP contribution in [0.1, 0.15) is 5.56 Å². The summed E-state index contributed by atoms with van der Waals surface area (Å²) in [6.45, 7) is 0. The molecular weight excluding hydrogens is 348 g/mol. The van der Waals surface area contributed by atoms with Crippen LogP contribution in [0.2, 0.25) is 0 Å². The molecule has 0 bridgehead atoms. The third-order valence-corrected chi connectivity index (χ3v) is 4.47. The van der Waals surface area contributed by atoms with Gasteiger partial charge in [0.25, 0.3) is 0 Å². The zero-order chi connectivity index (χ0) is 11.4. The predicted octanol–water partition coefficient (Wildman–Crippen LogP) is 5.50. The van der Waals surface area contributed by atoms with Crippen molar-refractivity contribution in [2.75, 3.05) is 0 Å². The van der Waals surface area contributed by atoms with Gasteiger partial charge in [-0.05, 0) is 35.9 Å². The van der Waals surface area contributed by atoms with Gasteiger partial charge in [-0.3, -0.25) is 0 Å². The van der Waals surface area contributed by atoms with Crippen LogP contribution in [-0.4, -0.2) is 0 Å². The van der Waals surface area contributed by atoms with Crippen LogP contribution in [-0.2, 0) is 5.75 Å². The smallest absolute Gasteiger partial charge is 0.0243 e. The number of rotatable bonds is 3. The largest absolute Gasteiger partial charge is 0.121 e. The van der Waals surface area contributed by atoms with E-state index in [1.165, 1.54) is 14.9 Å². The Balaban J connectivity index is 2.08. The zero-order valence-corrected chi connectivity index (χ0v) is 12.5. The molecule has 0 unspecified atom stereocenters. The maximum Gasteiger partial charge on any atom is 0.0243 e. The Bertz CT molecular complexity index is 469. The normalized spacial score (nSPS) is 10.4. The van der Waals surface area contributed by atoms with Gasteiger partial charge in [0.05, 0.1) is 0 Å². The van der Waals surface area contributed by atoms with Gasteiger partial charge in [-0.1, -0.05) is 50.1 Å². The summed E-state index contributed by atoms with van der Waals surface area (Å²) in [4.78, 5) is 1.30. The van der Waals surface area contributed by atoms with E-state index in [-0.39, 0.29) is 0 Å². The summed E-state index contributed by atoms with van der Waals surface area (Å²) in [6, 6.07) is 16.7. The van der Waals surface area contributed by atoms with Crippen molar-refractivity contribution in [2.45, 2.75) is 10.6 Å². The number of benzene rings is 2. The number of thioether (sulfide) groups is 1. The lowest BCUT2D eigenvalue weighted by Gasteiger charge is -2.05. The lowest BCUT2D eigenvalue weighted by atomic mass is 10.2. The van der Waals surface area contributed by atoms with E-state index >= 15 is 0 Å². The van der Waals surface area contributed by atoms with Gasteiger partial charge < -0.3 is 0 Å². The molecule has 0 saturated heterocycles. The molecule has 2 aromatic rings. The minimum absolute atomic E-state index is 0.976. The molecule has 2 aromatic carbocycles. The maximum absolute atomic E-state index is 3.57. The molecule has 0 amide bonds. The lowest BCUT2D eigenvalue weighted by Crippen LogP contribution is -1.83. The Morgan fingerprint density at radius 1 is 0.938 bits per heavy atom. The Morgan fingerprint density at radius 3 is 2.44 bits per heavy atom. The summed E-state index contributed by atoms with van der Waals surface area (Å²) in [5, 5.41) is 0. The minimum Gasteiger partial charge on any atom is -0.121 e. The van der Waals surface area contributed by atoms with Crippen molar-refractivity contribution in [2.24, 2.45) is 0 Å². The highest BCUT2D eigenvalue weighted by Gasteiger charge is 2.01. The molecular formula is C13H10Br2S. The molecule has 0 atom stereocenters. The first-order valence-corrected chi connectivity index (χ1v) is 7.44. The monoisotopic (exact) mass is 356 g/mol. The van der Waals surface area contributed by atoms with E-state index in [9.17, 15) is 0 Å². The summed E-state index contributed by atoms with van der Waals surface area (Å²) in [7, 11) is 0. The van der Waals surface area contributed by atoms with E-state index in [2.05, 4.69) is 68.3 Å². The maximum atomic E-state index is 3.57. The van der Waals surface area contributed by atoms with E-state index in [4.69, 9.17) is 0 Å². The van der Waals surface area contributed by atoms with Crippen LogP contribution in [0.4, 0.5) is 0 Å². The summed E-state index contributed by atoms with van der Waals surface area (Å²) in [6.07, 6.45) is 0. The average molecular weight is 358 g/mol. The molecule has 2 rings (SSSR count). The number of hydrogen-bond donors (Lipinski definition) is 0. The van der Waals surface area contributed by atoms with Crippen LogP contribution in [0, 0.1) is 0 Å². The fourth-order valence-corrected chi connectivity index (χ4v) is 3.22. The van der Waals surface area contributed by atoms with E-state index in [1.54, 1.807) is 0 Å². The molecule has 0 heterocycles. The average Bonchev–Trinajstić information content (AvgIpc) is 2.32. The molecule has 0 aliphatic carbocycles. The minimum atomic E-state index is 0.976. The van der Waals surface area contributed by atoms with Gasteiger partial charge in [0, 0.05) is 19.6 Å². The summed E-state index contributed by atoms with van der Waals surface area (Å²) < 4.78 is 2.29. The SMILES string of the molecule is Brc1ccc(Br)c(CSc2ccccc2)c1. The van der Waals surface area contributed by atoms with E-state index in [0.29, 0.717) is 0 Å². The van der Waals surface area contributed by atoms with Crippen LogP contribution in [0.25, 0.3) is 0 Å². The molecule has 0 fully saturated rings. The van der Waals surface area contributed by atoms with Crippen molar-refractivity contribution < 1.29 is 0 Å². The first-order chi connectivity index (χ1) is 7.75. The molecule has 0 aromatic heterocycles. The Morgan fingerprint density at radius 2 is 1.69 bits per heavy atom. The standard InChI is InChI=1S/C13H10Br2S/c14-11-6-7-13(15)10(8-11)9-16-12-4-2-1-3-5-12/h1-8H,9H2. The fourth-order valence-electron chi connectivity index (χ4n) is 1.33. The van der Waals surface area contributed by atoms with Gasteiger partial charge in [-0.2, -0.15) is 0 Å². The van der Waals surface area contributed by atoms with E-state index < -0.39 is 0 Å². The molecule has 3 heteroatoms. The third-order valence-electron chi connectivity index (χ3n) is 2.15. The second kappa shape index (κ2) is 5.89. The van der Waals surface area contributed by atoms with Crippen LogP contribution in [0.5, 0.6) is 0 Å². The number of halogens is 2. The zero-order valence-electron chi connectivity index (χ0n) is 8.49. The van der Waals surface area contributed by atoms with Crippen LogP contribution in [0.3, 0.4) is 0 Å². The molecule has 0 N–H and O–H groups in total. The van der Waals surface area contributed by atoms with Gasteiger partial charge >= 0.3 is 0 Å². The molecule has 0 saturated carbocycles. The molecule has 16 heavy (non-hydrogen) atoms. The van der Waals surface area contributed by atoms with Gasteiger partial charge in [-0.25, -0.2) is 0 Å². The highest BCUT2D eigenvalue weighted by atomic mass is 79.9. The van der Waals surface area contributed by atoms with Gasteiger partial charge in [0.15, 0.2) is 0 Å². The van der Waals surface area contributed by atoms with Crippen LogP contribution >= 0.6 is 43.6 Å². The van der Waals surface area contributed by atoms with Gasteiger partial charge in [0.1, 0.15) is 0 Å². The molecule has 0 aliphatic rings. The van der Waals surface area contributed by atoms with Crippen molar-refractivity contribution in [1.82, 2.24) is 0 Å². The van der Waals surface area contributed by atoms with Crippen molar-refractivity contribution in [1.29, 1.82) is 0 Å². The molecule has 0 spiro atoms. The van der Waals surface area contributed by atoms with Crippen LogP contribution < -0.4 is 0 Å². The molecule has 0 nitrogen and oxygen atoms in total. The topological polar surface area (TPSA) is 0 Å². The van der Waals surface area contributed by atoms with E-state index in [0.717, 1.165) is 10.2 Å². The molecule has 0 radical (unpaired) electrons. The first-order valence-electron chi connectivity index (χ1n) is 4.87. The van der Waals surface area contributed by atoms with E-state index in [1.807, 2.05) is 23.9 Å². The second-order valence-electron chi connectivity index (χ2n) is 3.34. The third kappa shape index (κ3) is 3.37. The van der Waals surface area contributed by atoms with Crippen molar-refractivity contribution in [3.8, 4) is 0 Å². The Hall–Kier alpha value is -0.250. The number of hydrogen-bond acceptors (Lipinski definition) is 1. The predicted molar refractivity (Wildman–Crippen MR) is 77.8 cm³/mol. The van der Waals surface area contributed by atoms with Gasteiger partial charge in [0.2, 0.25) is 0 Å². The second-order valence-corrected chi connectivity index (χ2v) is 6.16. The van der Waals surface area contributed by atoms with Gasteiger partial charge in [-0.15, -0.1) is 11.8 Å². The summed E-state index contributed by atoms with van der Waals surface area (Å²) in [5.41, 5.74) is 1.31. The first kappa shape index (κ1) is 12.2. The molecule has 82 valence electrons. The van der Waals surface area contributed by atoms with Crippen LogP contribution in [0.15, 0.2) is 62.4 Å². The fraction of sp³-hybridized carbons (Fsp3) is 0.0769. The quantitative estimate of drug-likeness (QED) is 0.653. The summed E-state index contributed by atoms with van der Waals surface area (Å²) in [5.74, 6) is 0.976. The Labute approximate surface area is 117 Å². The summed E-state index contributed by atoms with van der Waals surface area (Å²) >= 11 is 8.91. The highest BCUT2D eigenvalue weighted by Crippen LogP contribution is 2.28. The lowest BCUT2D eigenvalue weighted by molar-refractivity contribution is 1.35. The van der Waals surface area contributed by atoms with Crippen molar-refractivity contribution in [3.05, 3.63) is 63.0 Å². The molecule has 0 aliphatic heterocycles. The Kier molecular flexibility index (Phi) is 4.50. The highest BCUT2D eigenvalue weighted by molar-refractivity contribution is 9.11.